The van der Waals surface area contributed by atoms with Crippen molar-refractivity contribution in [2.75, 3.05) is 51.3 Å². The predicted octanol–water partition coefficient (Wildman–Crippen LogP) is -0.332. The largest absolute Gasteiger partial charge is 0.367 e. The van der Waals surface area contributed by atoms with Crippen LogP contribution in [0.5, 0.6) is 0 Å². The Balaban J connectivity index is 2.57. The highest BCUT2D eigenvalue weighted by Crippen LogP contribution is 2.08. The molecule has 0 spiro atoms. The van der Waals surface area contributed by atoms with Crippen molar-refractivity contribution >= 4 is 21.8 Å². The zero-order valence-corrected chi connectivity index (χ0v) is 12.4. The summed E-state index contributed by atoms with van der Waals surface area (Å²) in [5.74, 6) is 0.793. The summed E-state index contributed by atoms with van der Waals surface area (Å²) in [5, 5.41) is 10.8. The number of nitrogens with one attached hydrogen (secondary N) is 2. The molecule has 1 heterocycles. The van der Waals surface area contributed by atoms with Crippen LogP contribution in [0.3, 0.4) is 0 Å². The second-order valence-corrected chi connectivity index (χ2v) is 6.31. The topological polar surface area (TPSA) is 90.5 Å². The quantitative estimate of drug-likeness (QED) is 0.714. The summed E-state index contributed by atoms with van der Waals surface area (Å²) in [5.41, 5.74) is 0. The lowest BCUT2D eigenvalue weighted by Crippen LogP contribution is -2.29. The lowest BCUT2D eigenvalue weighted by molar-refractivity contribution is 0.425. The molecule has 0 bridgehead atoms. The van der Waals surface area contributed by atoms with Gasteiger partial charge in [0, 0.05) is 27.2 Å². The standard InChI is InChI=1S/C10H20N6O2S/c1-15(2)8-7-11-9-5-6-10(13-12-9)14-19(17,18)16(3)4/h5-6H,7-8H2,1-4H3,(H,11,12)(H,13,14). The summed E-state index contributed by atoms with van der Waals surface area (Å²) in [6.07, 6.45) is 0. The Bertz CT molecular complexity index is 485. The number of aromatic nitrogens is 2. The van der Waals surface area contributed by atoms with Gasteiger partial charge in [-0.15, -0.1) is 10.2 Å². The van der Waals surface area contributed by atoms with Crippen molar-refractivity contribution in [1.29, 1.82) is 0 Å². The second kappa shape index (κ2) is 6.64. The van der Waals surface area contributed by atoms with E-state index in [1.807, 2.05) is 19.0 Å². The Kier molecular flexibility index (Phi) is 5.45. The highest BCUT2D eigenvalue weighted by Gasteiger charge is 2.13. The summed E-state index contributed by atoms with van der Waals surface area (Å²) in [6, 6.07) is 3.24. The Morgan fingerprint density at radius 2 is 1.68 bits per heavy atom. The van der Waals surface area contributed by atoms with E-state index in [4.69, 9.17) is 0 Å². The van der Waals surface area contributed by atoms with E-state index in [2.05, 4.69) is 20.2 Å². The maximum Gasteiger partial charge on any atom is 0.302 e. The number of hydrogen-bond acceptors (Lipinski definition) is 6. The molecule has 108 valence electrons. The van der Waals surface area contributed by atoms with E-state index in [9.17, 15) is 8.42 Å². The molecule has 0 atom stereocenters. The highest BCUT2D eigenvalue weighted by molar-refractivity contribution is 7.90. The first-order valence-corrected chi connectivity index (χ1v) is 7.18. The second-order valence-electron chi connectivity index (χ2n) is 4.42. The maximum absolute atomic E-state index is 11.6. The van der Waals surface area contributed by atoms with Gasteiger partial charge in [0.05, 0.1) is 0 Å². The van der Waals surface area contributed by atoms with Crippen LogP contribution in [-0.4, -0.2) is 69.1 Å². The van der Waals surface area contributed by atoms with Gasteiger partial charge in [-0.1, -0.05) is 0 Å². The zero-order chi connectivity index (χ0) is 14.5. The van der Waals surface area contributed by atoms with Gasteiger partial charge < -0.3 is 10.2 Å². The number of likely N-dealkylation sites (N-methyl/N-ethyl adjacent to an activating group) is 1. The van der Waals surface area contributed by atoms with Crippen LogP contribution in [-0.2, 0) is 10.2 Å². The monoisotopic (exact) mass is 288 g/mol. The van der Waals surface area contributed by atoms with Crippen LogP contribution in [0.1, 0.15) is 0 Å². The van der Waals surface area contributed by atoms with Crippen molar-refractivity contribution in [2.45, 2.75) is 0 Å². The van der Waals surface area contributed by atoms with Gasteiger partial charge in [0.2, 0.25) is 0 Å². The van der Waals surface area contributed by atoms with E-state index >= 15 is 0 Å². The van der Waals surface area contributed by atoms with Crippen LogP contribution in [0, 0.1) is 0 Å². The van der Waals surface area contributed by atoms with Gasteiger partial charge in [0.15, 0.2) is 5.82 Å². The smallest absolute Gasteiger partial charge is 0.302 e. The van der Waals surface area contributed by atoms with Gasteiger partial charge in [-0.05, 0) is 26.2 Å². The first-order chi connectivity index (χ1) is 8.81. The van der Waals surface area contributed by atoms with Crippen molar-refractivity contribution < 1.29 is 8.42 Å². The summed E-state index contributed by atoms with van der Waals surface area (Å²) in [7, 11) is 3.29. The Labute approximate surface area is 114 Å². The number of nitrogens with zero attached hydrogens (tertiary/aromatic N) is 4. The van der Waals surface area contributed by atoms with E-state index in [1.54, 1.807) is 12.1 Å². The maximum atomic E-state index is 11.6. The van der Waals surface area contributed by atoms with Crippen molar-refractivity contribution in [3.8, 4) is 0 Å². The summed E-state index contributed by atoms with van der Waals surface area (Å²) >= 11 is 0. The molecule has 1 aromatic rings. The summed E-state index contributed by atoms with van der Waals surface area (Å²) < 4.78 is 26.5. The van der Waals surface area contributed by atoms with Crippen LogP contribution in [0.15, 0.2) is 12.1 Å². The van der Waals surface area contributed by atoms with Crippen LogP contribution in [0.4, 0.5) is 11.6 Å². The molecule has 2 N–H and O–H groups in total. The number of anilines is 2. The molecule has 0 unspecified atom stereocenters. The molecule has 0 amide bonds. The predicted molar refractivity (Wildman–Crippen MR) is 75.3 cm³/mol. The minimum Gasteiger partial charge on any atom is -0.367 e. The van der Waals surface area contributed by atoms with Crippen LogP contribution in [0.2, 0.25) is 0 Å². The zero-order valence-electron chi connectivity index (χ0n) is 11.6. The third kappa shape index (κ3) is 5.37. The third-order valence-electron chi connectivity index (χ3n) is 2.24. The molecule has 0 saturated carbocycles. The first kappa shape index (κ1) is 15.6. The molecular formula is C10H20N6O2S. The van der Waals surface area contributed by atoms with Gasteiger partial charge >= 0.3 is 10.2 Å². The van der Waals surface area contributed by atoms with E-state index in [0.29, 0.717) is 5.82 Å². The van der Waals surface area contributed by atoms with Crippen LogP contribution < -0.4 is 10.0 Å². The normalized spacial score (nSPS) is 11.9. The average Bonchev–Trinajstić information content (AvgIpc) is 2.30. The molecule has 0 aliphatic heterocycles. The fraction of sp³-hybridized carbons (Fsp3) is 0.600. The van der Waals surface area contributed by atoms with Gasteiger partial charge in [0.25, 0.3) is 0 Å². The minimum atomic E-state index is -3.54. The van der Waals surface area contributed by atoms with Crippen LogP contribution >= 0.6 is 0 Å². The van der Waals surface area contributed by atoms with Crippen molar-refractivity contribution in [1.82, 2.24) is 19.4 Å². The molecule has 1 rings (SSSR count). The molecule has 0 radical (unpaired) electrons. The molecule has 0 fully saturated rings. The van der Waals surface area contributed by atoms with Gasteiger partial charge in [-0.25, -0.2) is 0 Å². The summed E-state index contributed by atoms with van der Waals surface area (Å²) in [4.78, 5) is 2.04. The molecule has 19 heavy (non-hydrogen) atoms. The average molecular weight is 288 g/mol. The SMILES string of the molecule is CN(C)CCNc1ccc(NS(=O)(=O)N(C)C)nn1. The highest BCUT2D eigenvalue weighted by atomic mass is 32.2. The Morgan fingerprint density at radius 1 is 1.11 bits per heavy atom. The van der Waals surface area contributed by atoms with Crippen molar-refractivity contribution in [3.05, 3.63) is 12.1 Å². The van der Waals surface area contributed by atoms with E-state index in [0.717, 1.165) is 17.4 Å². The van der Waals surface area contributed by atoms with E-state index < -0.39 is 10.2 Å². The van der Waals surface area contributed by atoms with E-state index in [1.165, 1.54) is 14.1 Å². The van der Waals surface area contributed by atoms with Gasteiger partial charge in [0.1, 0.15) is 5.82 Å². The van der Waals surface area contributed by atoms with E-state index in [-0.39, 0.29) is 5.82 Å². The Morgan fingerprint density at radius 3 is 2.16 bits per heavy atom. The summed E-state index contributed by atoms with van der Waals surface area (Å²) in [6.45, 7) is 1.61. The first-order valence-electron chi connectivity index (χ1n) is 5.74. The molecule has 8 nitrogen and oxygen atoms in total. The molecule has 0 saturated heterocycles. The van der Waals surface area contributed by atoms with Gasteiger partial charge in [-0.3, -0.25) is 4.72 Å². The molecule has 0 aliphatic carbocycles. The molecule has 1 aromatic heterocycles. The van der Waals surface area contributed by atoms with Crippen molar-refractivity contribution in [2.24, 2.45) is 0 Å². The fourth-order valence-corrected chi connectivity index (χ4v) is 1.67. The Hall–Kier alpha value is -1.45. The fourth-order valence-electron chi connectivity index (χ4n) is 1.11. The van der Waals surface area contributed by atoms with Gasteiger partial charge in [-0.2, -0.15) is 12.7 Å². The minimum absolute atomic E-state index is 0.187. The molecule has 0 aromatic carbocycles. The molecular weight excluding hydrogens is 268 g/mol. The number of hydrogen-bond donors (Lipinski definition) is 2. The lowest BCUT2D eigenvalue weighted by Gasteiger charge is -2.13. The molecule has 9 heteroatoms. The van der Waals surface area contributed by atoms with Crippen LogP contribution in [0.25, 0.3) is 0 Å². The van der Waals surface area contributed by atoms with Crippen molar-refractivity contribution in [3.63, 3.8) is 0 Å². The molecule has 0 aliphatic rings. The lowest BCUT2D eigenvalue weighted by atomic mass is 10.5. The third-order valence-corrected chi connectivity index (χ3v) is 3.67. The number of rotatable bonds is 7.